The molecule has 0 N–H and O–H groups in total. The van der Waals surface area contributed by atoms with Crippen LogP contribution in [0.4, 0.5) is 0 Å². The third kappa shape index (κ3) is 3.70. The summed E-state index contributed by atoms with van der Waals surface area (Å²) < 4.78 is 7.67. The number of amides is 1. The molecule has 1 amide bonds. The minimum Gasteiger partial charge on any atom is -0.351 e. The fourth-order valence-electron chi connectivity index (χ4n) is 5.17. The highest BCUT2D eigenvalue weighted by Crippen LogP contribution is 2.32. The van der Waals surface area contributed by atoms with Crippen LogP contribution in [0.1, 0.15) is 84.7 Å². The van der Waals surface area contributed by atoms with E-state index in [0.29, 0.717) is 30.7 Å². The summed E-state index contributed by atoms with van der Waals surface area (Å²) in [4.78, 5) is 17.2. The quantitative estimate of drug-likeness (QED) is 0.791. The maximum absolute atomic E-state index is 13.0. The van der Waals surface area contributed by atoms with Crippen molar-refractivity contribution in [3.63, 3.8) is 0 Å². The normalized spacial score (nSPS) is 23.9. The van der Waals surface area contributed by atoms with Crippen molar-refractivity contribution in [3.8, 4) is 0 Å². The Morgan fingerprint density at radius 1 is 1.03 bits per heavy atom. The highest BCUT2D eigenvalue weighted by Gasteiger charge is 2.31. The number of piperidine rings is 1. The van der Waals surface area contributed by atoms with Gasteiger partial charge in [0, 0.05) is 37.5 Å². The molecule has 0 aromatic carbocycles. The second-order valence-electron chi connectivity index (χ2n) is 8.91. The first-order valence-corrected chi connectivity index (χ1v) is 11.1. The van der Waals surface area contributed by atoms with Crippen LogP contribution in [0.25, 0.3) is 0 Å². The molecule has 4 heterocycles. The van der Waals surface area contributed by atoms with Gasteiger partial charge >= 0.3 is 0 Å². The second-order valence-corrected chi connectivity index (χ2v) is 8.91. The molecule has 0 radical (unpaired) electrons. The van der Waals surface area contributed by atoms with Gasteiger partial charge in [0.15, 0.2) is 5.82 Å². The fraction of sp³-hybridized carbons (Fsp3) is 0.714. The molecule has 1 atom stereocenters. The van der Waals surface area contributed by atoms with Crippen LogP contribution in [0.5, 0.6) is 0 Å². The van der Waals surface area contributed by atoms with E-state index < -0.39 is 0 Å². The van der Waals surface area contributed by atoms with Gasteiger partial charge in [0.05, 0.1) is 12.2 Å². The Kier molecular flexibility index (Phi) is 5.11. The van der Waals surface area contributed by atoms with E-state index in [0.717, 1.165) is 56.2 Å². The topological polar surface area (TPSA) is 80.3 Å². The minimum atomic E-state index is -0.0900. The van der Waals surface area contributed by atoms with Crippen molar-refractivity contribution < 1.29 is 9.32 Å². The van der Waals surface area contributed by atoms with E-state index in [9.17, 15) is 4.79 Å². The Balaban J connectivity index is 1.27. The molecule has 1 saturated carbocycles. The molecule has 2 aromatic heterocycles. The first kappa shape index (κ1) is 18.8. The Labute approximate surface area is 171 Å². The lowest BCUT2D eigenvalue weighted by molar-refractivity contribution is 0.0663. The number of nitrogens with zero attached hydrogens (tertiary/aromatic N) is 6. The van der Waals surface area contributed by atoms with Gasteiger partial charge < -0.3 is 18.9 Å². The summed E-state index contributed by atoms with van der Waals surface area (Å²) in [6.45, 7) is 4.06. The SMILES string of the molecule is CN1CCCC(c2nnc3n2CCN(C(=O)c2cc(C4CCCCC4)no2)C3)C1. The molecule has 0 bridgehead atoms. The molecular weight excluding hydrogens is 368 g/mol. The predicted molar refractivity (Wildman–Crippen MR) is 107 cm³/mol. The van der Waals surface area contributed by atoms with Crippen LogP contribution in [0, 0.1) is 0 Å². The molecule has 5 rings (SSSR count). The van der Waals surface area contributed by atoms with E-state index in [-0.39, 0.29) is 5.91 Å². The highest BCUT2D eigenvalue weighted by atomic mass is 16.5. The van der Waals surface area contributed by atoms with Gasteiger partial charge in [0.2, 0.25) is 5.76 Å². The number of carbonyl (C=O) groups is 1. The van der Waals surface area contributed by atoms with Crippen LogP contribution in [0.2, 0.25) is 0 Å². The molecule has 2 fully saturated rings. The molecule has 1 saturated heterocycles. The van der Waals surface area contributed by atoms with Gasteiger partial charge in [-0.15, -0.1) is 10.2 Å². The highest BCUT2D eigenvalue weighted by molar-refractivity contribution is 5.91. The van der Waals surface area contributed by atoms with Crippen molar-refractivity contribution in [2.45, 2.75) is 69.9 Å². The van der Waals surface area contributed by atoms with Gasteiger partial charge in [-0.25, -0.2) is 0 Å². The van der Waals surface area contributed by atoms with Gasteiger partial charge in [-0.3, -0.25) is 4.79 Å². The second kappa shape index (κ2) is 7.89. The van der Waals surface area contributed by atoms with E-state index in [4.69, 9.17) is 4.52 Å². The van der Waals surface area contributed by atoms with Crippen LogP contribution >= 0.6 is 0 Å². The zero-order valence-corrected chi connectivity index (χ0v) is 17.2. The van der Waals surface area contributed by atoms with E-state index >= 15 is 0 Å². The zero-order valence-electron chi connectivity index (χ0n) is 17.2. The third-order valence-electron chi connectivity index (χ3n) is 6.82. The van der Waals surface area contributed by atoms with Gasteiger partial charge in [0.25, 0.3) is 5.91 Å². The van der Waals surface area contributed by atoms with E-state index in [1.165, 1.54) is 25.7 Å². The summed E-state index contributed by atoms with van der Waals surface area (Å²) in [5, 5.41) is 13.1. The van der Waals surface area contributed by atoms with Crippen molar-refractivity contribution in [1.82, 2.24) is 29.7 Å². The lowest BCUT2D eigenvalue weighted by Gasteiger charge is -2.31. The molecule has 2 aromatic rings. The van der Waals surface area contributed by atoms with Crippen molar-refractivity contribution >= 4 is 5.91 Å². The standard InChI is InChI=1S/C21H30N6O2/c1-25-9-5-8-16(13-25)20-23-22-19-14-26(10-11-27(19)20)21(28)18-12-17(24-29-18)15-6-3-2-4-7-15/h12,15-16H,2-11,13-14H2,1H3. The third-order valence-corrected chi connectivity index (χ3v) is 6.82. The number of likely N-dealkylation sites (tertiary alicyclic amines) is 1. The molecule has 8 nitrogen and oxygen atoms in total. The predicted octanol–water partition coefficient (Wildman–Crippen LogP) is 2.78. The monoisotopic (exact) mass is 398 g/mol. The first-order valence-electron chi connectivity index (χ1n) is 11.1. The average molecular weight is 399 g/mol. The Morgan fingerprint density at radius 2 is 1.86 bits per heavy atom. The van der Waals surface area contributed by atoms with E-state index in [2.05, 4.69) is 31.9 Å². The smallest absolute Gasteiger partial charge is 0.292 e. The van der Waals surface area contributed by atoms with Crippen molar-refractivity contribution in [3.05, 3.63) is 29.2 Å². The summed E-state index contributed by atoms with van der Waals surface area (Å²) in [7, 11) is 2.17. The number of aromatic nitrogens is 4. The minimum absolute atomic E-state index is 0.0900. The van der Waals surface area contributed by atoms with Crippen molar-refractivity contribution in [1.29, 1.82) is 0 Å². The molecule has 29 heavy (non-hydrogen) atoms. The maximum Gasteiger partial charge on any atom is 0.292 e. The molecule has 2 aliphatic heterocycles. The first-order chi connectivity index (χ1) is 14.2. The Bertz CT molecular complexity index is 868. The lowest BCUT2D eigenvalue weighted by atomic mass is 9.87. The lowest BCUT2D eigenvalue weighted by Crippen LogP contribution is -2.39. The van der Waals surface area contributed by atoms with Crippen LogP contribution in [-0.2, 0) is 13.1 Å². The average Bonchev–Trinajstić information content (AvgIpc) is 3.41. The molecule has 1 unspecified atom stereocenters. The maximum atomic E-state index is 13.0. The number of fused-ring (bicyclic) bond motifs is 1. The summed E-state index contributed by atoms with van der Waals surface area (Å²) in [6.07, 6.45) is 8.42. The number of carbonyl (C=O) groups excluding carboxylic acids is 1. The van der Waals surface area contributed by atoms with Crippen molar-refractivity contribution in [2.24, 2.45) is 0 Å². The van der Waals surface area contributed by atoms with Gasteiger partial charge in [0.1, 0.15) is 5.82 Å². The largest absolute Gasteiger partial charge is 0.351 e. The van der Waals surface area contributed by atoms with E-state index in [1.807, 2.05) is 11.0 Å². The molecule has 3 aliphatic rings. The van der Waals surface area contributed by atoms with Gasteiger partial charge in [-0.1, -0.05) is 24.4 Å². The fourth-order valence-corrected chi connectivity index (χ4v) is 5.17. The Hall–Kier alpha value is -2.22. The van der Waals surface area contributed by atoms with Crippen LogP contribution in [0.15, 0.2) is 10.6 Å². The summed E-state index contributed by atoms with van der Waals surface area (Å²) in [5.41, 5.74) is 0.942. The Morgan fingerprint density at radius 3 is 2.69 bits per heavy atom. The van der Waals surface area contributed by atoms with Gasteiger partial charge in [-0.2, -0.15) is 0 Å². The molecule has 156 valence electrons. The summed E-state index contributed by atoms with van der Waals surface area (Å²) in [6, 6.07) is 1.86. The van der Waals surface area contributed by atoms with Gasteiger partial charge in [-0.05, 0) is 39.3 Å². The number of rotatable bonds is 3. The van der Waals surface area contributed by atoms with Crippen LogP contribution < -0.4 is 0 Å². The molecule has 8 heteroatoms. The van der Waals surface area contributed by atoms with Crippen LogP contribution in [0.3, 0.4) is 0 Å². The number of hydrogen-bond donors (Lipinski definition) is 0. The number of likely N-dealkylation sites (N-methyl/N-ethyl adjacent to an activating group) is 1. The van der Waals surface area contributed by atoms with E-state index in [1.54, 1.807) is 0 Å². The summed E-state index contributed by atoms with van der Waals surface area (Å²) >= 11 is 0. The van der Waals surface area contributed by atoms with Crippen molar-refractivity contribution in [2.75, 3.05) is 26.7 Å². The van der Waals surface area contributed by atoms with Crippen LogP contribution in [-0.4, -0.2) is 62.3 Å². The zero-order chi connectivity index (χ0) is 19.8. The molecular formula is C21H30N6O2. The number of hydrogen-bond acceptors (Lipinski definition) is 6. The molecule has 0 spiro atoms. The summed E-state index contributed by atoms with van der Waals surface area (Å²) in [5.74, 6) is 3.09. The molecule has 1 aliphatic carbocycles.